The van der Waals surface area contributed by atoms with Gasteiger partial charge in [0.25, 0.3) is 0 Å². The average molecular weight is 162 g/mol. The van der Waals surface area contributed by atoms with E-state index < -0.39 is 0 Å². The van der Waals surface area contributed by atoms with Gasteiger partial charge in [0.05, 0.1) is 0 Å². The van der Waals surface area contributed by atoms with E-state index in [1.54, 1.807) is 0 Å². The van der Waals surface area contributed by atoms with E-state index in [2.05, 4.69) is 19.1 Å². The van der Waals surface area contributed by atoms with E-state index in [1.165, 1.54) is 12.0 Å². The number of hydrogen-bond acceptors (Lipinski definition) is 1. The minimum Gasteiger partial charge on any atom is -0.298 e. The van der Waals surface area contributed by atoms with Crippen LogP contribution in [0.5, 0.6) is 0 Å². The molecule has 0 aromatic rings. The number of allylic oxidation sites excluding steroid dienone is 4. The quantitative estimate of drug-likeness (QED) is 0.427. The molecule has 64 valence electrons. The normalized spacial score (nSPS) is 33.8. The molecule has 2 atom stereocenters. The van der Waals surface area contributed by atoms with Crippen molar-refractivity contribution in [1.82, 2.24) is 0 Å². The molecule has 12 heavy (non-hydrogen) atoms. The predicted molar refractivity (Wildman–Crippen MR) is 48.7 cm³/mol. The second kappa shape index (κ2) is 2.89. The first-order valence-corrected chi connectivity index (χ1v) is 4.62. The fraction of sp³-hybridized carbons (Fsp3) is 0.545. The minimum atomic E-state index is 0.732. The zero-order chi connectivity index (χ0) is 8.55. The Morgan fingerprint density at radius 1 is 1.42 bits per heavy atom. The van der Waals surface area contributed by atoms with Gasteiger partial charge in [-0.25, -0.2) is 0 Å². The molecule has 1 nitrogen and oxygen atoms in total. The van der Waals surface area contributed by atoms with Crippen molar-refractivity contribution in [3.8, 4) is 0 Å². The van der Waals surface area contributed by atoms with E-state index in [0.717, 1.165) is 36.5 Å². The van der Waals surface area contributed by atoms with Gasteiger partial charge in [-0.2, -0.15) is 0 Å². The van der Waals surface area contributed by atoms with E-state index >= 15 is 0 Å². The van der Waals surface area contributed by atoms with Crippen LogP contribution in [0.4, 0.5) is 0 Å². The number of rotatable bonds is 1. The molecule has 0 aromatic heterocycles. The zero-order valence-corrected chi connectivity index (χ0v) is 7.42. The highest BCUT2D eigenvalue weighted by molar-refractivity contribution is 5.73. The van der Waals surface area contributed by atoms with Crippen molar-refractivity contribution >= 4 is 6.29 Å². The van der Waals surface area contributed by atoms with Crippen molar-refractivity contribution in [2.75, 3.05) is 0 Å². The van der Waals surface area contributed by atoms with Gasteiger partial charge < -0.3 is 0 Å². The summed E-state index contributed by atoms with van der Waals surface area (Å²) in [5.74, 6) is 1.48. The van der Waals surface area contributed by atoms with Gasteiger partial charge in [0, 0.05) is 0 Å². The molecule has 2 rings (SSSR count). The first kappa shape index (κ1) is 7.78. The maximum absolute atomic E-state index is 10.5. The van der Waals surface area contributed by atoms with Gasteiger partial charge in [0.1, 0.15) is 6.29 Å². The lowest BCUT2D eigenvalue weighted by molar-refractivity contribution is -0.105. The van der Waals surface area contributed by atoms with Crippen LogP contribution >= 0.6 is 0 Å². The van der Waals surface area contributed by atoms with Crippen molar-refractivity contribution in [3.05, 3.63) is 23.3 Å². The van der Waals surface area contributed by atoms with Crippen LogP contribution in [0.15, 0.2) is 23.3 Å². The molecule has 2 unspecified atom stereocenters. The molecule has 0 aliphatic heterocycles. The van der Waals surface area contributed by atoms with Crippen molar-refractivity contribution in [1.29, 1.82) is 0 Å². The Morgan fingerprint density at radius 2 is 2.25 bits per heavy atom. The SMILES string of the molecule is CC1=CCC2CC(C=O)=CCC12. The van der Waals surface area contributed by atoms with Crippen LogP contribution in [0, 0.1) is 11.8 Å². The zero-order valence-electron chi connectivity index (χ0n) is 7.42. The number of fused-ring (bicyclic) bond motifs is 1. The third-order valence-corrected chi connectivity index (χ3v) is 3.18. The molecule has 1 heteroatoms. The molecule has 0 heterocycles. The van der Waals surface area contributed by atoms with Gasteiger partial charge in [-0.1, -0.05) is 17.7 Å². The Bertz CT molecular complexity index is 260. The van der Waals surface area contributed by atoms with Crippen LogP contribution in [-0.2, 0) is 4.79 Å². The highest BCUT2D eigenvalue weighted by Gasteiger charge is 2.29. The van der Waals surface area contributed by atoms with Gasteiger partial charge in [-0.3, -0.25) is 4.79 Å². The molecule has 0 saturated carbocycles. The number of carbonyl (C=O) groups is 1. The van der Waals surface area contributed by atoms with Crippen molar-refractivity contribution in [3.63, 3.8) is 0 Å². The molecule has 0 N–H and O–H groups in total. The molecule has 0 bridgehead atoms. The third kappa shape index (κ3) is 1.13. The summed E-state index contributed by atoms with van der Waals surface area (Å²) in [6.45, 7) is 2.21. The Kier molecular flexibility index (Phi) is 1.87. The molecule has 0 saturated heterocycles. The Labute approximate surface area is 73.2 Å². The Morgan fingerprint density at radius 3 is 3.00 bits per heavy atom. The van der Waals surface area contributed by atoms with E-state index in [9.17, 15) is 4.79 Å². The first-order chi connectivity index (χ1) is 5.81. The maximum atomic E-state index is 10.5. The maximum Gasteiger partial charge on any atom is 0.145 e. The average Bonchev–Trinajstić information content (AvgIpc) is 2.47. The topological polar surface area (TPSA) is 17.1 Å². The first-order valence-electron chi connectivity index (χ1n) is 4.62. The smallest absolute Gasteiger partial charge is 0.145 e. The van der Waals surface area contributed by atoms with Crippen LogP contribution in [0.3, 0.4) is 0 Å². The van der Waals surface area contributed by atoms with Crippen molar-refractivity contribution in [2.45, 2.75) is 26.2 Å². The number of hydrogen-bond donors (Lipinski definition) is 0. The summed E-state index contributed by atoms with van der Waals surface area (Å²) >= 11 is 0. The van der Waals surface area contributed by atoms with Crippen molar-refractivity contribution < 1.29 is 4.79 Å². The lowest BCUT2D eigenvalue weighted by atomic mass is 9.80. The fourth-order valence-electron chi connectivity index (χ4n) is 2.39. The minimum absolute atomic E-state index is 0.732. The van der Waals surface area contributed by atoms with E-state index in [1.807, 2.05) is 0 Å². The molecule has 0 amide bonds. The summed E-state index contributed by atoms with van der Waals surface area (Å²) in [6, 6.07) is 0. The molecule has 0 spiro atoms. The van der Waals surface area contributed by atoms with Gasteiger partial charge in [0.15, 0.2) is 0 Å². The summed E-state index contributed by atoms with van der Waals surface area (Å²) in [5.41, 5.74) is 2.54. The summed E-state index contributed by atoms with van der Waals surface area (Å²) in [7, 11) is 0. The van der Waals surface area contributed by atoms with Crippen LogP contribution in [0.2, 0.25) is 0 Å². The predicted octanol–water partition coefficient (Wildman–Crippen LogP) is 2.49. The molecular weight excluding hydrogens is 148 g/mol. The summed E-state index contributed by atoms with van der Waals surface area (Å²) in [4.78, 5) is 10.5. The molecule has 2 aliphatic carbocycles. The number of aldehydes is 1. The molecular formula is C11H14O. The van der Waals surface area contributed by atoms with Gasteiger partial charge in [-0.15, -0.1) is 0 Å². The molecule has 2 aliphatic rings. The Hall–Kier alpha value is -0.850. The van der Waals surface area contributed by atoms with Crippen LogP contribution in [-0.4, -0.2) is 6.29 Å². The van der Waals surface area contributed by atoms with Gasteiger partial charge in [-0.05, 0) is 43.6 Å². The third-order valence-electron chi connectivity index (χ3n) is 3.18. The summed E-state index contributed by atoms with van der Waals surface area (Å²) in [6.07, 6.45) is 8.72. The van der Waals surface area contributed by atoms with Crippen LogP contribution in [0.25, 0.3) is 0 Å². The van der Waals surface area contributed by atoms with E-state index in [0.29, 0.717) is 0 Å². The van der Waals surface area contributed by atoms with Gasteiger partial charge in [0.2, 0.25) is 0 Å². The van der Waals surface area contributed by atoms with Crippen LogP contribution < -0.4 is 0 Å². The van der Waals surface area contributed by atoms with Crippen LogP contribution in [0.1, 0.15) is 26.2 Å². The van der Waals surface area contributed by atoms with E-state index in [4.69, 9.17) is 0 Å². The lowest BCUT2D eigenvalue weighted by Crippen LogP contribution is -2.15. The largest absolute Gasteiger partial charge is 0.298 e. The Balaban J connectivity index is 2.14. The van der Waals surface area contributed by atoms with Gasteiger partial charge >= 0.3 is 0 Å². The highest BCUT2D eigenvalue weighted by atomic mass is 16.1. The standard InChI is InChI=1S/C11H14O/c1-8-2-4-10-6-9(7-12)3-5-11(8)10/h2-3,7,10-11H,4-6H2,1H3. The summed E-state index contributed by atoms with van der Waals surface area (Å²) in [5, 5.41) is 0. The monoisotopic (exact) mass is 162 g/mol. The summed E-state index contributed by atoms with van der Waals surface area (Å²) < 4.78 is 0. The lowest BCUT2D eigenvalue weighted by Gasteiger charge is -2.24. The molecule has 0 radical (unpaired) electrons. The molecule has 0 fully saturated rings. The fourth-order valence-corrected chi connectivity index (χ4v) is 2.39. The van der Waals surface area contributed by atoms with E-state index in [-0.39, 0.29) is 0 Å². The number of carbonyl (C=O) groups excluding carboxylic acids is 1. The highest BCUT2D eigenvalue weighted by Crippen LogP contribution is 2.40. The molecule has 0 aromatic carbocycles. The second-order valence-electron chi connectivity index (χ2n) is 3.89. The van der Waals surface area contributed by atoms with Crippen molar-refractivity contribution in [2.24, 2.45) is 11.8 Å². The second-order valence-corrected chi connectivity index (χ2v) is 3.89.